The van der Waals surface area contributed by atoms with E-state index in [2.05, 4.69) is 6.58 Å². The van der Waals surface area contributed by atoms with Crippen LogP contribution in [0.3, 0.4) is 0 Å². The van der Waals surface area contributed by atoms with Gasteiger partial charge in [0.05, 0.1) is 13.0 Å². The summed E-state index contributed by atoms with van der Waals surface area (Å²) >= 11 is 6.04. The molecule has 0 aromatic heterocycles. The number of halogens is 1. The SMILES string of the molecule is C=C1COC2=CC=CC=C[C@H]2[C@@](C(=O)OC)(c2ccc(Cl)cc2)C1. The molecule has 3 rings (SSSR count). The topological polar surface area (TPSA) is 35.5 Å². The predicted molar refractivity (Wildman–Crippen MR) is 94.7 cm³/mol. The van der Waals surface area contributed by atoms with E-state index in [1.165, 1.54) is 7.11 Å². The van der Waals surface area contributed by atoms with Crippen LogP contribution in [-0.2, 0) is 19.7 Å². The summed E-state index contributed by atoms with van der Waals surface area (Å²) in [5.41, 5.74) is 0.760. The van der Waals surface area contributed by atoms with Crippen molar-refractivity contribution in [3.05, 3.63) is 83.1 Å². The summed E-state index contributed by atoms with van der Waals surface area (Å²) < 4.78 is 11.1. The molecule has 1 aliphatic heterocycles. The molecule has 1 aliphatic carbocycles. The van der Waals surface area contributed by atoms with Crippen molar-refractivity contribution in [2.45, 2.75) is 11.8 Å². The second kappa shape index (κ2) is 6.70. The molecule has 1 aromatic carbocycles. The summed E-state index contributed by atoms with van der Waals surface area (Å²) in [7, 11) is 1.41. The molecular formula is C20H19ClO3. The Morgan fingerprint density at radius 2 is 2.04 bits per heavy atom. The molecule has 0 unspecified atom stereocenters. The molecule has 124 valence electrons. The Bertz CT molecular complexity index is 743. The maximum Gasteiger partial charge on any atom is 0.317 e. The van der Waals surface area contributed by atoms with Crippen molar-refractivity contribution in [2.24, 2.45) is 5.92 Å². The highest BCUT2D eigenvalue weighted by Gasteiger charge is 2.51. The molecule has 1 aromatic rings. The maximum atomic E-state index is 13.0. The first-order chi connectivity index (χ1) is 11.6. The molecular weight excluding hydrogens is 324 g/mol. The number of rotatable bonds is 2. The molecule has 0 saturated carbocycles. The number of ether oxygens (including phenoxy) is 2. The highest BCUT2D eigenvalue weighted by molar-refractivity contribution is 6.30. The molecule has 1 saturated heterocycles. The van der Waals surface area contributed by atoms with Crippen molar-refractivity contribution in [1.82, 2.24) is 0 Å². The monoisotopic (exact) mass is 342 g/mol. The van der Waals surface area contributed by atoms with Gasteiger partial charge in [0.25, 0.3) is 0 Å². The van der Waals surface area contributed by atoms with Gasteiger partial charge < -0.3 is 9.47 Å². The average Bonchev–Trinajstić information content (AvgIpc) is 2.90. The lowest BCUT2D eigenvalue weighted by molar-refractivity contribution is -0.149. The van der Waals surface area contributed by atoms with Crippen LogP contribution in [0, 0.1) is 5.92 Å². The van der Waals surface area contributed by atoms with Crippen molar-refractivity contribution in [2.75, 3.05) is 13.7 Å². The zero-order chi connectivity index (χ0) is 17.2. The molecule has 3 nitrogen and oxygen atoms in total. The molecule has 0 N–H and O–H groups in total. The summed E-state index contributed by atoms with van der Waals surface area (Å²) in [6, 6.07) is 7.33. The fourth-order valence-corrected chi connectivity index (χ4v) is 3.53. The third-order valence-electron chi connectivity index (χ3n) is 4.50. The lowest BCUT2D eigenvalue weighted by atomic mass is 9.66. The fraction of sp³-hybridized carbons (Fsp3) is 0.250. The zero-order valence-corrected chi connectivity index (χ0v) is 14.3. The van der Waals surface area contributed by atoms with Gasteiger partial charge in [-0.1, -0.05) is 54.6 Å². The van der Waals surface area contributed by atoms with E-state index in [9.17, 15) is 4.79 Å². The number of carbonyl (C=O) groups excluding carboxylic acids is 1. The summed E-state index contributed by atoms with van der Waals surface area (Å²) in [6.07, 6.45) is 10.1. The first-order valence-corrected chi connectivity index (χ1v) is 8.14. The van der Waals surface area contributed by atoms with E-state index in [0.29, 0.717) is 18.1 Å². The fourth-order valence-electron chi connectivity index (χ4n) is 3.40. The lowest BCUT2D eigenvalue weighted by Gasteiger charge is -2.36. The molecule has 24 heavy (non-hydrogen) atoms. The molecule has 1 heterocycles. The molecule has 0 amide bonds. The number of benzene rings is 1. The van der Waals surface area contributed by atoms with Gasteiger partial charge in [0.2, 0.25) is 0 Å². The number of carbonyl (C=O) groups is 1. The van der Waals surface area contributed by atoms with Crippen LogP contribution < -0.4 is 0 Å². The van der Waals surface area contributed by atoms with Gasteiger partial charge in [-0.3, -0.25) is 4.79 Å². The Hall–Kier alpha value is -2.26. The second-order valence-corrected chi connectivity index (χ2v) is 6.44. The first-order valence-electron chi connectivity index (χ1n) is 7.77. The average molecular weight is 343 g/mol. The summed E-state index contributed by atoms with van der Waals surface area (Å²) in [6.45, 7) is 4.47. The van der Waals surface area contributed by atoms with Crippen LogP contribution in [0.2, 0.25) is 5.02 Å². The molecule has 2 aliphatic rings. The van der Waals surface area contributed by atoms with Crippen LogP contribution in [0.5, 0.6) is 0 Å². The van der Waals surface area contributed by atoms with E-state index in [-0.39, 0.29) is 11.9 Å². The molecule has 1 fully saturated rings. The van der Waals surface area contributed by atoms with Gasteiger partial charge in [0.15, 0.2) is 0 Å². The number of hydrogen-bond donors (Lipinski definition) is 0. The maximum absolute atomic E-state index is 13.0. The van der Waals surface area contributed by atoms with E-state index >= 15 is 0 Å². The van der Waals surface area contributed by atoms with Crippen LogP contribution in [0.1, 0.15) is 12.0 Å². The van der Waals surface area contributed by atoms with Gasteiger partial charge in [0.1, 0.15) is 17.8 Å². The second-order valence-electron chi connectivity index (χ2n) is 6.00. The van der Waals surface area contributed by atoms with Crippen molar-refractivity contribution >= 4 is 17.6 Å². The van der Waals surface area contributed by atoms with Gasteiger partial charge in [0, 0.05) is 5.02 Å². The summed E-state index contributed by atoms with van der Waals surface area (Å²) in [5, 5.41) is 0.622. The van der Waals surface area contributed by atoms with Crippen LogP contribution in [0.25, 0.3) is 0 Å². The largest absolute Gasteiger partial charge is 0.493 e. The van der Waals surface area contributed by atoms with E-state index in [4.69, 9.17) is 21.1 Å². The van der Waals surface area contributed by atoms with Gasteiger partial charge in [-0.25, -0.2) is 0 Å². The molecule has 4 heteroatoms. The van der Waals surface area contributed by atoms with E-state index < -0.39 is 5.41 Å². The third kappa shape index (κ3) is 2.80. The van der Waals surface area contributed by atoms with Gasteiger partial charge >= 0.3 is 5.97 Å². The minimum atomic E-state index is -0.929. The molecule has 0 bridgehead atoms. The number of esters is 1. The third-order valence-corrected chi connectivity index (χ3v) is 4.76. The number of fused-ring (bicyclic) bond motifs is 1. The summed E-state index contributed by atoms with van der Waals surface area (Å²) in [4.78, 5) is 13.0. The predicted octanol–water partition coefficient (Wildman–Crippen LogP) is 4.35. The number of allylic oxidation sites excluding steroid dienone is 5. The zero-order valence-electron chi connectivity index (χ0n) is 13.5. The Labute approximate surface area is 146 Å². The van der Waals surface area contributed by atoms with E-state index in [1.807, 2.05) is 42.5 Å². The summed E-state index contributed by atoms with van der Waals surface area (Å²) in [5.74, 6) is 0.151. The Morgan fingerprint density at radius 3 is 2.75 bits per heavy atom. The van der Waals surface area contributed by atoms with Crippen LogP contribution in [0.4, 0.5) is 0 Å². The van der Waals surface area contributed by atoms with Crippen LogP contribution >= 0.6 is 11.6 Å². The minimum absolute atomic E-state index is 0.277. The minimum Gasteiger partial charge on any atom is -0.493 e. The van der Waals surface area contributed by atoms with Crippen molar-refractivity contribution < 1.29 is 14.3 Å². The highest BCUT2D eigenvalue weighted by atomic mass is 35.5. The van der Waals surface area contributed by atoms with Crippen molar-refractivity contribution in [3.8, 4) is 0 Å². The highest BCUT2D eigenvalue weighted by Crippen LogP contribution is 2.46. The molecule has 2 atom stereocenters. The van der Waals surface area contributed by atoms with Gasteiger partial charge in [-0.05, 0) is 35.8 Å². The Balaban J connectivity index is 2.25. The normalized spacial score (nSPS) is 25.8. The Morgan fingerprint density at radius 1 is 1.29 bits per heavy atom. The smallest absolute Gasteiger partial charge is 0.317 e. The molecule has 0 spiro atoms. The first kappa shape index (κ1) is 16.6. The van der Waals surface area contributed by atoms with E-state index in [1.54, 1.807) is 12.1 Å². The lowest BCUT2D eigenvalue weighted by Crippen LogP contribution is -2.43. The van der Waals surface area contributed by atoms with Crippen molar-refractivity contribution in [1.29, 1.82) is 0 Å². The number of methoxy groups -OCH3 is 1. The van der Waals surface area contributed by atoms with Crippen LogP contribution in [-0.4, -0.2) is 19.7 Å². The standard InChI is InChI=1S/C20H19ClO3/c1-14-12-20(19(22)23-2,15-8-10-16(21)11-9-15)17-6-4-3-5-7-18(17)24-13-14/h3-11,17H,1,12-13H2,2H3/t17-,20+/m1/s1. The van der Waals surface area contributed by atoms with E-state index in [0.717, 1.165) is 16.9 Å². The van der Waals surface area contributed by atoms with Crippen molar-refractivity contribution in [3.63, 3.8) is 0 Å². The number of hydrogen-bond acceptors (Lipinski definition) is 3. The Kier molecular flexibility index (Phi) is 4.63. The van der Waals surface area contributed by atoms with Gasteiger partial charge in [-0.2, -0.15) is 0 Å². The quantitative estimate of drug-likeness (QED) is 0.592. The van der Waals surface area contributed by atoms with Gasteiger partial charge in [-0.15, -0.1) is 0 Å². The van der Waals surface area contributed by atoms with Crippen LogP contribution in [0.15, 0.2) is 72.6 Å². The molecule has 0 radical (unpaired) electrons.